The number of rotatable bonds is 5. The summed E-state index contributed by atoms with van der Waals surface area (Å²) in [6.07, 6.45) is 0.0216. The number of hydrogen-bond acceptors (Lipinski definition) is 4. The van der Waals surface area contributed by atoms with Crippen molar-refractivity contribution in [1.82, 2.24) is 0 Å². The smallest absolute Gasteiger partial charge is 0.175 e. The maximum absolute atomic E-state index is 14.2. The predicted molar refractivity (Wildman–Crippen MR) is 106 cm³/mol. The summed E-state index contributed by atoms with van der Waals surface area (Å²) in [6.45, 7) is 1.96. The van der Waals surface area contributed by atoms with Gasteiger partial charge in [0.1, 0.15) is 18.1 Å². The molecule has 1 aliphatic carbocycles. The third-order valence-corrected chi connectivity index (χ3v) is 6.59. The minimum atomic E-state index is -3.65. The first-order chi connectivity index (χ1) is 13.7. The Hall–Kier alpha value is -2.30. The van der Waals surface area contributed by atoms with Gasteiger partial charge in [-0.05, 0) is 66.1 Å². The van der Waals surface area contributed by atoms with E-state index < -0.39 is 27.9 Å². The summed E-state index contributed by atoms with van der Waals surface area (Å²) in [5.74, 6) is -0.473. The summed E-state index contributed by atoms with van der Waals surface area (Å²) in [6, 6.07) is 7.70. The minimum Gasteiger partial charge on any atom is -0.385 e. The highest BCUT2D eigenvalue weighted by Crippen LogP contribution is 2.39. The molecule has 4 nitrogen and oxygen atoms in total. The van der Waals surface area contributed by atoms with E-state index in [1.807, 2.05) is 13.0 Å². The van der Waals surface area contributed by atoms with E-state index in [2.05, 4.69) is 0 Å². The number of aliphatic hydroxyl groups excluding tert-OH is 1. The van der Waals surface area contributed by atoms with Gasteiger partial charge in [0.25, 0.3) is 0 Å². The minimum absolute atomic E-state index is 0.0699. The first kappa shape index (κ1) is 21.4. The molecule has 3 rings (SSSR count). The average molecular weight is 419 g/mol. The van der Waals surface area contributed by atoms with Crippen LogP contribution >= 0.6 is 0 Å². The summed E-state index contributed by atoms with van der Waals surface area (Å²) in [5, 5.41) is 19.9. The van der Waals surface area contributed by atoms with E-state index in [0.717, 1.165) is 23.8 Å². The van der Waals surface area contributed by atoms with Gasteiger partial charge in [-0.15, -0.1) is 0 Å². The van der Waals surface area contributed by atoms with Gasteiger partial charge in [-0.25, -0.2) is 17.2 Å². The van der Waals surface area contributed by atoms with Gasteiger partial charge in [-0.1, -0.05) is 19.4 Å². The number of nitrogens with zero attached hydrogens (tertiary/aromatic N) is 1. The number of halogens is 2. The first-order valence-electron chi connectivity index (χ1n) is 9.55. The second kappa shape index (κ2) is 8.21. The van der Waals surface area contributed by atoms with Crippen molar-refractivity contribution < 1.29 is 22.3 Å². The number of benzene rings is 2. The molecule has 0 radical (unpaired) electrons. The Labute approximate surface area is 169 Å². The average Bonchev–Trinajstić information content (AvgIpc) is 2.65. The molecule has 0 saturated carbocycles. The fourth-order valence-corrected chi connectivity index (χ4v) is 5.06. The van der Waals surface area contributed by atoms with Crippen molar-refractivity contribution in [2.45, 2.75) is 56.2 Å². The van der Waals surface area contributed by atoms with Crippen LogP contribution in [0.25, 0.3) is 0 Å². The molecule has 0 bridgehead atoms. The zero-order valence-electron chi connectivity index (χ0n) is 16.4. The van der Waals surface area contributed by atoms with E-state index in [-0.39, 0.29) is 28.9 Å². The molecule has 0 heterocycles. The molecule has 2 atom stereocenters. The number of nitriles is 1. The second-order valence-corrected chi connectivity index (χ2v) is 9.50. The van der Waals surface area contributed by atoms with Crippen LogP contribution in [0, 0.1) is 17.1 Å². The third-order valence-electron chi connectivity index (χ3n) is 5.44. The van der Waals surface area contributed by atoms with Crippen molar-refractivity contribution in [3.05, 3.63) is 63.5 Å². The standard InChI is InChI=1S/C22H23F2NO3S/c1-3-4-13-9-16(23)10-15(12-25)18(13)11-14-5-8-20(29(2,27)28)21-17(14)6-7-19(24)22(21)26/h5,8-10,19,22,26H,3-4,6-7,11H2,1-2H3. The van der Waals surface area contributed by atoms with E-state index in [1.165, 1.54) is 18.2 Å². The SMILES string of the molecule is CCCc1cc(F)cc(C#N)c1Cc1ccc(S(C)(=O)=O)c2c1CCC(F)C2O. The van der Waals surface area contributed by atoms with Crippen LogP contribution in [-0.4, -0.2) is 26.0 Å². The van der Waals surface area contributed by atoms with Crippen LogP contribution in [0.2, 0.25) is 0 Å². The van der Waals surface area contributed by atoms with Crippen LogP contribution in [0.4, 0.5) is 8.78 Å². The van der Waals surface area contributed by atoms with E-state index >= 15 is 0 Å². The summed E-state index contributed by atoms with van der Waals surface area (Å²) in [4.78, 5) is -0.0699. The second-order valence-electron chi connectivity index (χ2n) is 7.52. The Bertz CT molecular complexity index is 1090. The molecule has 2 unspecified atom stereocenters. The van der Waals surface area contributed by atoms with Gasteiger partial charge in [0.05, 0.1) is 16.5 Å². The lowest BCUT2D eigenvalue weighted by Crippen LogP contribution is -2.25. The van der Waals surface area contributed by atoms with Crippen molar-refractivity contribution in [1.29, 1.82) is 5.26 Å². The van der Waals surface area contributed by atoms with Crippen molar-refractivity contribution >= 4 is 9.84 Å². The fourth-order valence-electron chi connectivity index (χ4n) is 4.10. The molecule has 0 aliphatic heterocycles. The maximum atomic E-state index is 14.2. The van der Waals surface area contributed by atoms with Crippen molar-refractivity contribution in [3.63, 3.8) is 0 Å². The molecule has 2 aromatic rings. The maximum Gasteiger partial charge on any atom is 0.175 e. The molecule has 7 heteroatoms. The summed E-state index contributed by atoms with van der Waals surface area (Å²) in [5.41, 5.74) is 3.07. The molecule has 0 saturated heterocycles. The van der Waals surface area contributed by atoms with E-state index in [9.17, 15) is 27.6 Å². The number of aliphatic hydroxyl groups is 1. The lowest BCUT2D eigenvalue weighted by atomic mass is 9.82. The van der Waals surface area contributed by atoms with Crippen LogP contribution in [-0.2, 0) is 29.1 Å². The largest absolute Gasteiger partial charge is 0.385 e. The van der Waals surface area contributed by atoms with Crippen LogP contribution < -0.4 is 0 Å². The zero-order valence-corrected chi connectivity index (χ0v) is 17.2. The molecule has 0 amide bonds. The topological polar surface area (TPSA) is 78.2 Å². The highest BCUT2D eigenvalue weighted by atomic mass is 32.2. The Morgan fingerprint density at radius 1 is 1.28 bits per heavy atom. The molecular formula is C22H23F2NO3S. The Kier molecular flexibility index (Phi) is 6.06. The lowest BCUT2D eigenvalue weighted by molar-refractivity contribution is 0.0617. The van der Waals surface area contributed by atoms with Crippen LogP contribution in [0.3, 0.4) is 0 Å². The quantitative estimate of drug-likeness (QED) is 0.796. The predicted octanol–water partition coefficient (Wildman–Crippen LogP) is 3.96. The van der Waals surface area contributed by atoms with Gasteiger partial charge < -0.3 is 5.11 Å². The highest BCUT2D eigenvalue weighted by Gasteiger charge is 2.34. The number of hydrogen-bond donors (Lipinski definition) is 1. The molecule has 29 heavy (non-hydrogen) atoms. The molecule has 0 fully saturated rings. The van der Waals surface area contributed by atoms with Crippen molar-refractivity contribution in [2.24, 2.45) is 0 Å². The summed E-state index contributed by atoms with van der Waals surface area (Å²) < 4.78 is 52.5. The number of sulfone groups is 1. The van der Waals surface area contributed by atoms with Crippen molar-refractivity contribution in [3.8, 4) is 6.07 Å². The van der Waals surface area contributed by atoms with Gasteiger partial charge in [0, 0.05) is 11.8 Å². The van der Waals surface area contributed by atoms with Gasteiger partial charge >= 0.3 is 0 Å². The fraction of sp³-hybridized carbons (Fsp3) is 0.409. The van der Waals surface area contributed by atoms with Crippen molar-refractivity contribution in [2.75, 3.05) is 6.26 Å². The molecule has 154 valence electrons. The molecule has 1 N–H and O–H groups in total. The number of fused-ring (bicyclic) bond motifs is 1. The molecule has 0 aromatic heterocycles. The highest BCUT2D eigenvalue weighted by molar-refractivity contribution is 7.90. The monoisotopic (exact) mass is 419 g/mol. The third kappa shape index (κ3) is 4.19. The van der Waals surface area contributed by atoms with Crippen LogP contribution in [0.5, 0.6) is 0 Å². The number of aryl methyl sites for hydroxylation is 1. The van der Waals surface area contributed by atoms with E-state index in [4.69, 9.17) is 0 Å². The molecule has 0 spiro atoms. The Morgan fingerprint density at radius 3 is 2.62 bits per heavy atom. The Morgan fingerprint density at radius 2 is 2.00 bits per heavy atom. The molecule has 1 aliphatic rings. The number of alkyl halides is 1. The van der Waals surface area contributed by atoms with Gasteiger partial charge in [0.2, 0.25) is 0 Å². The molecule has 2 aromatic carbocycles. The van der Waals surface area contributed by atoms with Gasteiger partial charge in [-0.3, -0.25) is 0 Å². The lowest BCUT2D eigenvalue weighted by Gasteiger charge is -2.29. The summed E-state index contributed by atoms with van der Waals surface area (Å²) in [7, 11) is -3.65. The van der Waals surface area contributed by atoms with Gasteiger partial charge in [-0.2, -0.15) is 5.26 Å². The molecular weight excluding hydrogens is 396 g/mol. The van der Waals surface area contributed by atoms with Crippen LogP contribution in [0.1, 0.15) is 59.3 Å². The first-order valence-corrected chi connectivity index (χ1v) is 11.4. The van der Waals surface area contributed by atoms with E-state index in [1.54, 1.807) is 6.07 Å². The van der Waals surface area contributed by atoms with Crippen LogP contribution in [0.15, 0.2) is 29.2 Å². The van der Waals surface area contributed by atoms with E-state index in [0.29, 0.717) is 24.0 Å². The summed E-state index contributed by atoms with van der Waals surface area (Å²) >= 11 is 0. The Balaban J connectivity index is 2.19. The normalized spacial score (nSPS) is 18.9. The zero-order chi connectivity index (χ0) is 21.3. The van der Waals surface area contributed by atoms with Gasteiger partial charge in [0.15, 0.2) is 9.84 Å².